The third-order valence-electron chi connectivity index (χ3n) is 5.62. The van der Waals surface area contributed by atoms with Gasteiger partial charge in [0.25, 0.3) is 10.0 Å². The summed E-state index contributed by atoms with van der Waals surface area (Å²) in [6.45, 7) is -0.424. The Labute approximate surface area is 216 Å². The van der Waals surface area contributed by atoms with Crippen molar-refractivity contribution < 1.29 is 17.9 Å². The highest BCUT2D eigenvalue weighted by Gasteiger charge is 2.28. The van der Waals surface area contributed by atoms with Crippen LogP contribution in [0.5, 0.6) is 5.75 Å². The molecular formula is C28H25ClN2O4S. The second-order valence-electron chi connectivity index (χ2n) is 7.99. The van der Waals surface area contributed by atoms with Gasteiger partial charge >= 0.3 is 0 Å². The fourth-order valence-corrected chi connectivity index (χ4v) is 5.33. The van der Waals surface area contributed by atoms with Gasteiger partial charge in [0.2, 0.25) is 5.91 Å². The molecule has 0 aliphatic rings. The van der Waals surface area contributed by atoms with E-state index < -0.39 is 28.5 Å². The number of rotatable bonds is 9. The summed E-state index contributed by atoms with van der Waals surface area (Å²) < 4.78 is 33.5. The topological polar surface area (TPSA) is 75.7 Å². The average molecular weight is 521 g/mol. The van der Waals surface area contributed by atoms with Gasteiger partial charge < -0.3 is 10.1 Å². The predicted octanol–water partition coefficient (Wildman–Crippen LogP) is 5.45. The van der Waals surface area contributed by atoms with E-state index in [1.165, 1.54) is 19.2 Å². The van der Waals surface area contributed by atoms with Crippen molar-refractivity contribution in [3.63, 3.8) is 0 Å². The molecule has 0 aromatic heterocycles. The second-order valence-corrected chi connectivity index (χ2v) is 10.3. The number of nitrogens with one attached hydrogen (secondary N) is 1. The number of nitrogens with zero attached hydrogens (tertiary/aromatic N) is 1. The summed E-state index contributed by atoms with van der Waals surface area (Å²) in [7, 11) is -2.57. The maximum absolute atomic E-state index is 13.7. The zero-order valence-corrected chi connectivity index (χ0v) is 21.1. The Kier molecular flexibility index (Phi) is 7.93. The van der Waals surface area contributed by atoms with E-state index >= 15 is 0 Å². The first-order valence-electron chi connectivity index (χ1n) is 11.2. The Hall–Kier alpha value is -3.81. The molecule has 0 bridgehead atoms. The third-order valence-corrected chi connectivity index (χ3v) is 7.66. The molecule has 0 spiro atoms. The highest BCUT2D eigenvalue weighted by Crippen LogP contribution is 2.27. The normalized spacial score (nSPS) is 11.2. The molecule has 184 valence electrons. The van der Waals surface area contributed by atoms with Gasteiger partial charge in [0.05, 0.1) is 23.7 Å². The predicted molar refractivity (Wildman–Crippen MR) is 142 cm³/mol. The van der Waals surface area contributed by atoms with Crippen LogP contribution >= 0.6 is 11.6 Å². The molecule has 0 unspecified atom stereocenters. The van der Waals surface area contributed by atoms with Crippen molar-refractivity contribution in [3.8, 4) is 5.75 Å². The Morgan fingerprint density at radius 2 is 1.36 bits per heavy atom. The van der Waals surface area contributed by atoms with Crippen LogP contribution in [0.25, 0.3) is 0 Å². The van der Waals surface area contributed by atoms with E-state index in [0.717, 1.165) is 15.4 Å². The minimum absolute atomic E-state index is 0.0359. The molecule has 0 aliphatic carbocycles. The van der Waals surface area contributed by atoms with E-state index in [9.17, 15) is 13.2 Å². The minimum Gasteiger partial charge on any atom is -0.497 e. The molecule has 0 saturated heterocycles. The third kappa shape index (κ3) is 5.87. The standard InChI is InChI=1S/C28H25ClN2O4S/c1-35-25-16-18-26(19-17-25)36(33,34)31(24-14-12-23(29)13-15-24)20-27(32)30-28(21-8-4-2-5-9-21)22-10-6-3-7-11-22/h2-19,28H,20H2,1H3,(H,30,32). The van der Waals surface area contributed by atoms with Crippen molar-refractivity contribution in [1.82, 2.24) is 5.32 Å². The van der Waals surface area contributed by atoms with Crippen LogP contribution in [0, 0.1) is 0 Å². The van der Waals surface area contributed by atoms with Crippen LogP contribution in [0.2, 0.25) is 5.02 Å². The lowest BCUT2D eigenvalue weighted by molar-refractivity contribution is -0.120. The molecule has 0 aliphatic heterocycles. The summed E-state index contributed by atoms with van der Waals surface area (Å²) in [6.07, 6.45) is 0. The van der Waals surface area contributed by atoms with Gasteiger partial charge in [0.15, 0.2) is 0 Å². The van der Waals surface area contributed by atoms with Crippen LogP contribution in [-0.4, -0.2) is 28.0 Å². The molecule has 0 saturated carbocycles. The van der Waals surface area contributed by atoms with Crippen LogP contribution in [0.4, 0.5) is 5.69 Å². The number of carbonyl (C=O) groups excluding carboxylic acids is 1. The number of amides is 1. The summed E-state index contributed by atoms with van der Waals surface area (Å²) in [4.78, 5) is 13.4. The second kappa shape index (κ2) is 11.3. The maximum Gasteiger partial charge on any atom is 0.264 e. The number of hydrogen-bond acceptors (Lipinski definition) is 4. The van der Waals surface area contributed by atoms with Crippen molar-refractivity contribution in [2.75, 3.05) is 18.0 Å². The lowest BCUT2D eigenvalue weighted by Crippen LogP contribution is -2.42. The van der Waals surface area contributed by atoms with Gasteiger partial charge in [-0.05, 0) is 59.7 Å². The first-order chi connectivity index (χ1) is 17.4. The smallest absolute Gasteiger partial charge is 0.264 e. The van der Waals surface area contributed by atoms with Gasteiger partial charge in [-0.15, -0.1) is 0 Å². The van der Waals surface area contributed by atoms with Crippen LogP contribution in [0.1, 0.15) is 17.2 Å². The Bertz CT molecular complexity index is 1360. The van der Waals surface area contributed by atoms with Gasteiger partial charge in [0, 0.05) is 5.02 Å². The first-order valence-corrected chi connectivity index (χ1v) is 13.0. The molecule has 4 rings (SSSR count). The average Bonchev–Trinajstić information content (AvgIpc) is 2.92. The van der Waals surface area contributed by atoms with E-state index in [2.05, 4.69) is 5.32 Å². The van der Waals surface area contributed by atoms with Crippen LogP contribution in [-0.2, 0) is 14.8 Å². The monoisotopic (exact) mass is 520 g/mol. The van der Waals surface area contributed by atoms with E-state index in [0.29, 0.717) is 16.5 Å². The Morgan fingerprint density at radius 1 is 0.833 bits per heavy atom. The fraction of sp³-hybridized carbons (Fsp3) is 0.107. The van der Waals surface area contributed by atoms with Crippen molar-refractivity contribution in [2.24, 2.45) is 0 Å². The van der Waals surface area contributed by atoms with Gasteiger partial charge in [-0.1, -0.05) is 72.3 Å². The van der Waals surface area contributed by atoms with Crippen LogP contribution in [0.15, 0.2) is 114 Å². The van der Waals surface area contributed by atoms with E-state index in [1.807, 2.05) is 60.7 Å². The van der Waals surface area contributed by atoms with Crippen molar-refractivity contribution in [3.05, 3.63) is 125 Å². The Balaban J connectivity index is 1.67. The summed E-state index contributed by atoms with van der Waals surface area (Å²) >= 11 is 6.03. The molecule has 1 amide bonds. The summed E-state index contributed by atoms with van der Waals surface area (Å²) in [5, 5.41) is 3.47. The highest BCUT2D eigenvalue weighted by atomic mass is 35.5. The largest absolute Gasteiger partial charge is 0.497 e. The molecule has 36 heavy (non-hydrogen) atoms. The van der Waals surface area contributed by atoms with Gasteiger partial charge in [-0.25, -0.2) is 8.42 Å². The van der Waals surface area contributed by atoms with E-state index in [4.69, 9.17) is 16.3 Å². The number of anilines is 1. The number of methoxy groups -OCH3 is 1. The molecule has 8 heteroatoms. The molecule has 0 radical (unpaired) electrons. The molecule has 0 heterocycles. The lowest BCUT2D eigenvalue weighted by Gasteiger charge is -2.26. The molecular weight excluding hydrogens is 496 g/mol. The van der Waals surface area contributed by atoms with Crippen LogP contribution in [0.3, 0.4) is 0 Å². The first kappa shape index (κ1) is 25.3. The maximum atomic E-state index is 13.7. The fourth-order valence-electron chi connectivity index (χ4n) is 3.78. The number of ether oxygens (including phenoxy) is 1. The van der Waals surface area contributed by atoms with E-state index in [1.54, 1.807) is 36.4 Å². The summed E-state index contributed by atoms with van der Waals surface area (Å²) in [5.74, 6) is 0.0676. The summed E-state index contributed by atoms with van der Waals surface area (Å²) in [5.41, 5.74) is 2.09. The SMILES string of the molecule is COc1ccc(S(=O)(=O)N(CC(=O)NC(c2ccccc2)c2ccccc2)c2ccc(Cl)cc2)cc1. The number of carbonyl (C=O) groups is 1. The van der Waals surface area contributed by atoms with E-state index in [-0.39, 0.29) is 4.90 Å². The molecule has 0 fully saturated rings. The molecule has 4 aromatic rings. The quantitative estimate of drug-likeness (QED) is 0.318. The molecule has 4 aromatic carbocycles. The van der Waals surface area contributed by atoms with Crippen molar-refractivity contribution in [1.29, 1.82) is 0 Å². The number of sulfonamides is 1. The summed E-state index contributed by atoms with van der Waals surface area (Å²) in [6, 6.07) is 30.9. The Morgan fingerprint density at radius 3 is 1.86 bits per heavy atom. The van der Waals surface area contributed by atoms with Crippen molar-refractivity contribution >= 4 is 33.2 Å². The molecule has 6 nitrogen and oxygen atoms in total. The van der Waals surface area contributed by atoms with Crippen LogP contribution < -0.4 is 14.4 Å². The van der Waals surface area contributed by atoms with Crippen molar-refractivity contribution in [2.45, 2.75) is 10.9 Å². The molecule has 1 N–H and O–H groups in total. The number of halogens is 1. The number of benzene rings is 4. The molecule has 0 atom stereocenters. The lowest BCUT2D eigenvalue weighted by atomic mass is 9.99. The number of hydrogen-bond donors (Lipinski definition) is 1. The highest BCUT2D eigenvalue weighted by molar-refractivity contribution is 7.92. The zero-order chi connectivity index (χ0) is 25.5. The van der Waals surface area contributed by atoms with Gasteiger partial charge in [-0.3, -0.25) is 9.10 Å². The zero-order valence-electron chi connectivity index (χ0n) is 19.5. The van der Waals surface area contributed by atoms with Gasteiger partial charge in [0.1, 0.15) is 12.3 Å². The minimum atomic E-state index is -4.08. The van der Waals surface area contributed by atoms with Gasteiger partial charge in [-0.2, -0.15) is 0 Å².